The van der Waals surface area contributed by atoms with Gasteiger partial charge >= 0.3 is 0 Å². The number of hydrogen-bond donors (Lipinski definition) is 1. The number of aryl methyl sites for hydroxylation is 1. The van der Waals surface area contributed by atoms with E-state index in [-0.39, 0.29) is 12.6 Å². The normalized spacial score (nSPS) is 9.86. The second-order valence-electron chi connectivity index (χ2n) is 3.14. The minimum Gasteiger partial charge on any atom is -0.364 e. The van der Waals surface area contributed by atoms with Crippen LogP contribution in [0, 0.1) is 6.92 Å². The molecule has 1 rings (SSSR count). The van der Waals surface area contributed by atoms with Gasteiger partial charge < -0.3 is 10.1 Å². The van der Waals surface area contributed by atoms with E-state index in [2.05, 4.69) is 5.32 Å². The number of carbonyl (C=O) groups is 1. The molecule has 1 N–H and O–H groups in total. The van der Waals surface area contributed by atoms with E-state index in [1.54, 1.807) is 7.11 Å². The minimum atomic E-state index is -0.0128. The molecule has 76 valence electrons. The topological polar surface area (TPSA) is 38.3 Å². The molecule has 0 saturated heterocycles. The zero-order chi connectivity index (χ0) is 10.4. The highest BCUT2D eigenvalue weighted by Crippen LogP contribution is 2.07. The molecular weight excluding hydrogens is 178 g/mol. The third kappa shape index (κ3) is 3.18. The number of hydrogen-bond acceptors (Lipinski definition) is 2. The standard InChI is InChI=1S/C11H15NO2/c1-9-5-3-4-6-10(9)7-11(13)12-8-14-2/h3-6H,7-8H2,1-2H3,(H,12,13). The highest BCUT2D eigenvalue weighted by molar-refractivity contribution is 5.78. The maximum absolute atomic E-state index is 11.3. The van der Waals surface area contributed by atoms with Crippen LogP contribution >= 0.6 is 0 Å². The summed E-state index contributed by atoms with van der Waals surface area (Å²) < 4.78 is 4.75. The molecule has 0 aliphatic rings. The Bertz CT molecular complexity index is 310. The predicted octanol–water partition coefficient (Wildman–Crippen LogP) is 1.26. The van der Waals surface area contributed by atoms with E-state index in [1.807, 2.05) is 31.2 Å². The van der Waals surface area contributed by atoms with E-state index >= 15 is 0 Å². The molecular formula is C11H15NO2. The van der Waals surface area contributed by atoms with Gasteiger partial charge in [0.2, 0.25) is 5.91 Å². The van der Waals surface area contributed by atoms with Crippen LogP contribution in [-0.2, 0) is 16.0 Å². The average Bonchev–Trinajstić information content (AvgIpc) is 2.18. The van der Waals surface area contributed by atoms with Crippen molar-refractivity contribution in [2.45, 2.75) is 13.3 Å². The van der Waals surface area contributed by atoms with Gasteiger partial charge in [-0.3, -0.25) is 4.79 Å². The number of methoxy groups -OCH3 is 1. The number of ether oxygens (including phenoxy) is 1. The van der Waals surface area contributed by atoms with Gasteiger partial charge in [0.1, 0.15) is 6.73 Å². The molecule has 1 aromatic carbocycles. The molecule has 3 heteroatoms. The number of benzene rings is 1. The van der Waals surface area contributed by atoms with Crippen molar-refractivity contribution >= 4 is 5.91 Å². The van der Waals surface area contributed by atoms with Crippen LogP contribution in [0.25, 0.3) is 0 Å². The Hall–Kier alpha value is -1.35. The van der Waals surface area contributed by atoms with E-state index < -0.39 is 0 Å². The molecule has 0 aliphatic carbocycles. The molecule has 0 fully saturated rings. The lowest BCUT2D eigenvalue weighted by Gasteiger charge is -2.05. The molecule has 0 aliphatic heterocycles. The van der Waals surface area contributed by atoms with Crippen molar-refractivity contribution < 1.29 is 9.53 Å². The van der Waals surface area contributed by atoms with Crippen molar-refractivity contribution in [2.24, 2.45) is 0 Å². The lowest BCUT2D eigenvalue weighted by molar-refractivity contribution is -0.121. The molecule has 0 unspecified atom stereocenters. The van der Waals surface area contributed by atoms with Gasteiger partial charge in [-0.15, -0.1) is 0 Å². The van der Waals surface area contributed by atoms with Crippen molar-refractivity contribution in [2.75, 3.05) is 13.8 Å². The van der Waals surface area contributed by atoms with Gasteiger partial charge in [-0.05, 0) is 18.1 Å². The highest BCUT2D eigenvalue weighted by atomic mass is 16.5. The van der Waals surface area contributed by atoms with Crippen LogP contribution in [0.4, 0.5) is 0 Å². The van der Waals surface area contributed by atoms with Gasteiger partial charge in [0.05, 0.1) is 6.42 Å². The van der Waals surface area contributed by atoms with E-state index in [0.717, 1.165) is 11.1 Å². The minimum absolute atomic E-state index is 0.0128. The predicted molar refractivity (Wildman–Crippen MR) is 54.9 cm³/mol. The lowest BCUT2D eigenvalue weighted by Crippen LogP contribution is -2.27. The lowest BCUT2D eigenvalue weighted by atomic mass is 10.1. The van der Waals surface area contributed by atoms with Crippen LogP contribution in [0.2, 0.25) is 0 Å². The fourth-order valence-electron chi connectivity index (χ4n) is 1.20. The van der Waals surface area contributed by atoms with Crippen molar-refractivity contribution in [1.82, 2.24) is 5.32 Å². The summed E-state index contributed by atoms with van der Waals surface area (Å²) >= 11 is 0. The summed E-state index contributed by atoms with van der Waals surface area (Å²) in [5.74, 6) is -0.0128. The first-order chi connectivity index (χ1) is 6.74. The zero-order valence-corrected chi connectivity index (χ0v) is 8.54. The van der Waals surface area contributed by atoms with Gasteiger partial charge in [-0.1, -0.05) is 24.3 Å². The van der Waals surface area contributed by atoms with E-state index in [9.17, 15) is 4.79 Å². The second kappa shape index (κ2) is 5.40. The Morgan fingerprint density at radius 1 is 1.43 bits per heavy atom. The summed E-state index contributed by atoms with van der Waals surface area (Å²) in [7, 11) is 1.55. The van der Waals surface area contributed by atoms with E-state index in [4.69, 9.17) is 4.74 Å². The SMILES string of the molecule is COCNC(=O)Cc1ccccc1C. The summed E-state index contributed by atoms with van der Waals surface area (Å²) in [4.78, 5) is 11.3. The Labute approximate surface area is 84.1 Å². The Morgan fingerprint density at radius 2 is 2.14 bits per heavy atom. The monoisotopic (exact) mass is 193 g/mol. The van der Waals surface area contributed by atoms with Crippen LogP contribution in [0.5, 0.6) is 0 Å². The fourth-order valence-corrected chi connectivity index (χ4v) is 1.20. The molecule has 1 amide bonds. The van der Waals surface area contributed by atoms with Gasteiger partial charge in [0.25, 0.3) is 0 Å². The molecule has 1 aromatic rings. The first-order valence-electron chi connectivity index (χ1n) is 4.54. The number of nitrogens with one attached hydrogen (secondary N) is 1. The number of amides is 1. The van der Waals surface area contributed by atoms with Crippen LogP contribution in [0.3, 0.4) is 0 Å². The molecule has 0 bridgehead atoms. The van der Waals surface area contributed by atoms with Crippen molar-refractivity contribution in [3.63, 3.8) is 0 Å². The third-order valence-corrected chi connectivity index (χ3v) is 2.03. The van der Waals surface area contributed by atoms with Crippen LogP contribution in [-0.4, -0.2) is 19.7 Å². The van der Waals surface area contributed by atoms with Gasteiger partial charge in [0, 0.05) is 7.11 Å². The molecule has 0 spiro atoms. The molecule has 0 atom stereocenters. The zero-order valence-electron chi connectivity index (χ0n) is 8.54. The van der Waals surface area contributed by atoms with E-state index in [1.165, 1.54) is 0 Å². The maximum atomic E-state index is 11.3. The fraction of sp³-hybridized carbons (Fsp3) is 0.364. The van der Waals surface area contributed by atoms with Gasteiger partial charge in [-0.25, -0.2) is 0 Å². The second-order valence-corrected chi connectivity index (χ2v) is 3.14. The molecule has 0 radical (unpaired) electrons. The summed E-state index contributed by atoms with van der Waals surface area (Å²) in [5.41, 5.74) is 2.20. The first kappa shape index (κ1) is 10.7. The molecule has 14 heavy (non-hydrogen) atoms. The molecule has 0 aromatic heterocycles. The van der Waals surface area contributed by atoms with E-state index in [0.29, 0.717) is 6.42 Å². The first-order valence-corrected chi connectivity index (χ1v) is 4.54. The summed E-state index contributed by atoms with van der Waals surface area (Å²) in [6, 6.07) is 7.86. The van der Waals surface area contributed by atoms with Crippen molar-refractivity contribution in [3.05, 3.63) is 35.4 Å². The Kier molecular flexibility index (Phi) is 4.13. The third-order valence-electron chi connectivity index (χ3n) is 2.03. The summed E-state index contributed by atoms with van der Waals surface area (Å²) in [6.07, 6.45) is 0.413. The number of carbonyl (C=O) groups excluding carboxylic acids is 1. The van der Waals surface area contributed by atoms with Crippen molar-refractivity contribution in [1.29, 1.82) is 0 Å². The largest absolute Gasteiger partial charge is 0.364 e. The number of rotatable bonds is 4. The Morgan fingerprint density at radius 3 is 2.79 bits per heavy atom. The maximum Gasteiger partial charge on any atom is 0.226 e. The quantitative estimate of drug-likeness (QED) is 0.731. The highest BCUT2D eigenvalue weighted by Gasteiger charge is 2.03. The van der Waals surface area contributed by atoms with Crippen LogP contribution in [0.1, 0.15) is 11.1 Å². The van der Waals surface area contributed by atoms with Crippen molar-refractivity contribution in [3.8, 4) is 0 Å². The Balaban J connectivity index is 2.52. The molecule has 3 nitrogen and oxygen atoms in total. The smallest absolute Gasteiger partial charge is 0.226 e. The van der Waals surface area contributed by atoms with Crippen LogP contribution < -0.4 is 5.32 Å². The average molecular weight is 193 g/mol. The summed E-state index contributed by atoms with van der Waals surface area (Å²) in [6.45, 7) is 2.27. The molecule has 0 saturated carbocycles. The van der Waals surface area contributed by atoms with Gasteiger partial charge in [0.15, 0.2) is 0 Å². The van der Waals surface area contributed by atoms with Gasteiger partial charge in [-0.2, -0.15) is 0 Å². The summed E-state index contributed by atoms with van der Waals surface area (Å²) in [5, 5.41) is 2.65. The van der Waals surface area contributed by atoms with Crippen LogP contribution in [0.15, 0.2) is 24.3 Å². The molecule has 0 heterocycles.